The van der Waals surface area contributed by atoms with Crippen molar-refractivity contribution < 1.29 is 0 Å². The molecular formula is C14H20N2. The SMILES string of the molecule is CN(C)C(C1=CCCCC1)c1cccnc1. The molecule has 86 valence electrons. The Balaban J connectivity index is 2.27. The highest BCUT2D eigenvalue weighted by atomic mass is 15.1. The lowest BCUT2D eigenvalue weighted by atomic mass is 9.90. The third-order valence-electron chi connectivity index (χ3n) is 3.19. The summed E-state index contributed by atoms with van der Waals surface area (Å²) in [7, 11) is 4.29. The highest BCUT2D eigenvalue weighted by Gasteiger charge is 2.20. The first kappa shape index (κ1) is 11.3. The molecule has 0 spiro atoms. The van der Waals surface area contributed by atoms with Crippen molar-refractivity contribution >= 4 is 0 Å². The fourth-order valence-electron chi connectivity index (χ4n) is 2.49. The van der Waals surface area contributed by atoms with E-state index in [0.717, 1.165) is 0 Å². The third kappa shape index (κ3) is 2.50. The van der Waals surface area contributed by atoms with E-state index in [2.05, 4.69) is 36.1 Å². The number of likely N-dealkylation sites (N-methyl/N-ethyl adjacent to an activating group) is 1. The Labute approximate surface area is 98.0 Å². The molecule has 1 aliphatic carbocycles. The van der Waals surface area contributed by atoms with Gasteiger partial charge in [0.05, 0.1) is 6.04 Å². The maximum Gasteiger partial charge on any atom is 0.0571 e. The van der Waals surface area contributed by atoms with E-state index in [4.69, 9.17) is 0 Å². The van der Waals surface area contributed by atoms with Gasteiger partial charge in [-0.05, 0) is 51.4 Å². The summed E-state index contributed by atoms with van der Waals surface area (Å²) in [6.07, 6.45) is 11.4. The third-order valence-corrected chi connectivity index (χ3v) is 3.19. The molecule has 1 heterocycles. The highest BCUT2D eigenvalue weighted by Crippen LogP contribution is 2.32. The van der Waals surface area contributed by atoms with Crippen molar-refractivity contribution in [2.75, 3.05) is 14.1 Å². The zero-order chi connectivity index (χ0) is 11.4. The summed E-state index contributed by atoms with van der Waals surface area (Å²) < 4.78 is 0. The minimum absolute atomic E-state index is 0.411. The Morgan fingerprint density at radius 2 is 2.19 bits per heavy atom. The van der Waals surface area contributed by atoms with Crippen LogP contribution in [-0.2, 0) is 0 Å². The van der Waals surface area contributed by atoms with Gasteiger partial charge in [-0.1, -0.05) is 17.7 Å². The molecule has 2 nitrogen and oxygen atoms in total. The summed E-state index contributed by atoms with van der Waals surface area (Å²) in [5.74, 6) is 0. The predicted molar refractivity (Wildman–Crippen MR) is 67.2 cm³/mol. The number of nitrogens with zero attached hydrogens (tertiary/aromatic N) is 2. The first-order valence-corrected chi connectivity index (χ1v) is 6.04. The Bertz CT molecular complexity index is 354. The average molecular weight is 216 g/mol. The molecule has 16 heavy (non-hydrogen) atoms. The largest absolute Gasteiger partial charge is 0.299 e. The second-order valence-electron chi connectivity index (χ2n) is 4.68. The Morgan fingerprint density at radius 3 is 2.75 bits per heavy atom. The number of allylic oxidation sites excluding steroid dienone is 1. The van der Waals surface area contributed by atoms with Crippen molar-refractivity contribution in [3.05, 3.63) is 41.7 Å². The van der Waals surface area contributed by atoms with Crippen LogP contribution in [0.25, 0.3) is 0 Å². The molecule has 0 saturated carbocycles. The number of rotatable bonds is 3. The summed E-state index contributed by atoms with van der Waals surface area (Å²) in [4.78, 5) is 6.51. The molecule has 0 saturated heterocycles. The molecular weight excluding hydrogens is 196 g/mol. The molecule has 0 bridgehead atoms. The van der Waals surface area contributed by atoms with E-state index in [-0.39, 0.29) is 0 Å². The van der Waals surface area contributed by atoms with Crippen LogP contribution in [0.5, 0.6) is 0 Å². The molecule has 1 unspecified atom stereocenters. The summed E-state index contributed by atoms with van der Waals surface area (Å²) in [6.45, 7) is 0. The molecule has 0 aromatic carbocycles. The molecule has 0 amide bonds. The van der Waals surface area contributed by atoms with E-state index < -0.39 is 0 Å². The fraction of sp³-hybridized carbons (Fsp3) is 0.500. The average Bonchev–Trinajstić information content (AvgIpc) is 2.31. The normalized spacial score (nSPS) is 18.3. The summed E-state index contributed by atoms with van der Waals surface area (Å²) >= 11 is 0. The van der Waals surface area contributed by atoms with Crippen molar-refractivity contribution in [2.24, 2.45) is 0 Å². The van der Waals surface area contributed by atoms with E-state index in [1.165, 1.54) is 31.2 Å². The lowest BCUT2D eigenvalue weighted by Crippen LogP contribution is -2.22. The van der Waals surface area contributed by atoms with Gasteiger partial charge in [-0.3, -0.25) is 9.88 Å². The van der Waals surface area contributed by atoms with Crippen molar-refractivity contribution in [1.29, 1.82) is 0 Å². The maximum atomic E-state index is 4.23. The van der Waals surface area contributed by atoms with E-state index in [0.29, 0.717) is 6.04 Å². The van der Waals surface area contributed by atoms with Crippen LogP contribution in [0.3, 0.4) is 0 Å². The zero-order valence-corrected chi connectivity index (χ0v) is 10.2. The number of aromatic nitrogens is 1. The van der Waals surface area contributed by atoms with Crippen molar-refractivity contribution in [1.82, 2.24) is 9.88 Å². The van der Waals surface area contributed by atoms with Crippen LogP contribution in [0.2, 0.25) is 0 Å². The van der Waals surface area contributed by atoms with E-state index >= 15 is 0 Å². The summed E-state index contributed by atoms with van der Waals surface area (Å²) in [5, 5.41) is 0. The molecule has 0 radical (unpaired) electrons. The molecule has 1 aliphatic rings. The minimum Gasteiger partial charge on any atom is -0.299 e. The molecule has 1 aromatic heterocycles. The Kier molecular flexibility index (Phi) is 3.73. The second-order valence-corrected chi connectivity index (χ2v) is 4.68. The van der Waals surface area contributed by atoms with Crippen molar-refractivity contribution in [3.8, 4) is 0 Å². The fourth-order valence-corrected chi connectivity index (χ4v) is 2.49. The van der Waals surface area contributed by atoms with Crippen LogP contribution in [0.15, 0.2) is 36.2 Å². The molecule has 0 aliphatic heterocycles. The monoisotopic (exact) mass is 216 g/mol. The second kappa shape index (κ2) is 5.26. The van der Waals surface area contributed by atoms with Crippen LogP contribution in [0.1, 0.15) is 37.3 Å². The lowest BCUT2D eigenvalue weighted by molar-refractivity contribution is 0.325. The zero-order valence-electron chi connectivity index (χ0n) is 10.2. The van der Waals surface area contributed by atoms with Crippen molar-refractivity contribution in [2.45, 2.75) is 31.7 Å². The van der Waals surface area contributed by atoms with Crippen LogP contribution in [0, 0.1) is 0 Å². The van der Waals surface area contributed by atoms with Crippen LogP contribution in [0.4, 0.5) is 0 Å². The van der Waals surface area contributed by atoms with Gasteiger partial charge >= 0.3 is 0 Å². The van der Waals surface area contributed by atoms with Crippen LogP contribution < -0.4 is 0 Å². The molecule has 2 heteroatoms. The Hall–Kier alpha value is -1.15. The van der Waals surface area contributed by atoms with Crippen molar-refractivity contribution in [3.63, 3.8) is 0 Å². The molecule has 1 aromatic rings. The summed E-state index contributed by atoms with van der Waals surface area (Å²) in [6, 6.07) is 4.61. The summed E-state index contributed by atoms with van der Waals surface area (Å²) in [5.41, 5.74) is 2.87. The molecule has 2 rings (SSSR count). The first-order valence-electron chi connectivity index (χ1n) is 6.04. The van der Waals surface area contributed by atoms with Crippen LogP contribution in [-0.4, -0.2) is 24.0 Å². The van der Waals surface area contributed by atoms with Gasteiger partial charge in [0.15, 0.2) is 0 Å². The topological polar surface area (TPSA) is 16.1 Å². The molecule has 0 fully saturated rings. The minimum atomic E-state index is 0.411. The standard InChI is InChI=1S/C14H20N2/c1-16(2)14(12-7-4-3-5-8-12)13-9-6-10-15-11-13/h6-7,9-11,14H,3-5,8H2,1-2H3. The smallest absolute Gasteiger partial charge is 0.0571 e. The van der Waals surface area contributed by atoms with E-state index in [9.17, 15) is 0 Å². The van der Waals surface area contributed by atoms with E-state index in [1.54, 1.807) is 5.57 Å². The maximum absolute atomic E-state index is 4.23. The molecule has 0 N–H and O–H groups in total. The Morgan fingerprint density at radius 1 is 1.31 bits per heavy atom. The van der Waals surface area contributed by atoms with Gasteiger partial charge in [0.2, 0.25) is 0 Å². The quantitative estimate of drug-likeness (QED) is 0.721. The number of hydrogen-bond donors (Lipinski definition) is 0. The number of hydrogen-bond acceptors (Lipinski definition) is 2. The van der Waals surface area contributed by atoms with Gasteiger partial charge in [-0.25, -0.2) is 0 Å². The van der Waals surface area contributed by atoms with Gasteiger partial charge in [0.25, 0.3) is 0 Å². The number of pyridine rings is 1. The first-order chi connectivity index (χ1) is 7.79. The van der Waals surface area contributed by atoms with Gasteiger partial charge in [-0.15, -0.1) is 0 Å². The van der Waals surface area contributed by atoms with Gasteiger partial charge < -0.3 is 0 Å². The molecule has 1 atom stereocenters. The lowest BCUT2D eigenvalue weighted by Gasteiger charge is -2.29. The van der Waals surface area contributed by atoms with Gasteiger partial charge in [-0.2, -0.15) is 0 Å². The highest BCUT2D eigenvalue weighted by molar-refractivity contribution is 5.26. The van der Waals surface area contributed by atoms with E-state index in [1.807, 2.05) is 18.5 Å². The van der Waals surface area contributed by atoms with Crippen LogP contribution >= 0.6 is 0 Å². The van der Waals surface area contributed by atoms with Gasteiger partial charge in [0.1, 0.15) is 0 Å². The van der Waals surface area contributed by atoms with Gasteiger partial charge in [0, 0.05) is 12.4 Å². The predicted octanol–water partition coefficient (Wildman–Crippen LogP) is 3.18.